The minimum Gasteiger partial charge on any atom is -0.356 e. The minimum absolute atomic E-state index is 0.142. The number of nitrogens with one attached hydrogen (secondary N) is 2. The summed E-state index contributed by atoms with van der Waals surface area (Å²) < 4.78 is 37.2. The average molecular weight is 290 g/mol. The van der Waals surface area contributed by atoms with E-state index in [9.17, 15) is 18.0 Å². The second kappa shape index (κ2) is 7.06. The number of halogens is 3. The Morgan fingerprint density at radius 2 is 2.10 bits per heavy atom. The van der Waals surface area contributed by atoms with Gasteiger partial charge in [-0.2, -0.15) is 13.2 Å². The maximum absolute atomic E-state index is 12.4. The van der Waals surface area contributed by atoms with E-state index < -0.39 is 11.9 Å². The van der Waals surface area contributed by atoms with E-state index in [1.165, 1.54) is 0 Å². The summed E-state index contributed by atoms with van der Waals surface area (Å²) in [6.07, 6.45) is -3.34. The zero-order valence-corrected chi connectivity index (χ0v) is 11.3. The van der Waals surface area contributed by atoms with Gasteiger partial charge in [-0.25, -0.2) is 9.97 Å². The maximum Gasteiger partial charge on any atom is 0.433 e. The molecule has 0 saturated heterocycles. The highest BCUT2D eigenvalue weighted by molar-refractivity contribution is 5.76. The fourth-order valence-corrected chi connectivity index (χ4v) is 1.30. The van der Waals surface area contributed by atoms with Crippen molar-refractivity contribution >= 4 is 11.9 Å². The predicted octanol–water partition coefficient (Wildman–Crippen LogP) is 2.07. The van der Waals surface area contributed by atoms with Crippen molar-refractivity contribution in [1.82, 2.24) is 15.3 Å². The number of amides is 1. The number of alkyl halides is 3. The first kappa shape index (κ1) is 16.2. The Bertz CT molecular complexity index is 449. The molecule has 0 aromatic carbocycles. The molecule has 0 atom stereocenters. The van der Waals surface area contributed by atoms with Gasteiger partial charge in [0.2, 0.25) is 11.9 Å². The molecule has 1 rings (SSSR count). The van der Waals surface area contributed by atoms with E-state index in [4.69, 9.17) is 0 Å². The van der Waals surface area contributed by atoms with Crippen LogP contribution in [0.15, 0.2) is 12.3 Å². The highest BCUT2D eigenvalue weighted by atomic mass is 19.4. The van der Waals surface area contributed by atoms with Crippen molar-refractivity contribution < 1.29 is 18.0 Å². The lowest BCUT2D eigenvalue weighted by Crippen LogP contribution is -2.28. The number of carbonyl (C=O) groups is 1. The lowest BCUT2D eigenvalue weighted by atomic mass is 10.2. The van der Waals surface area contributed by atoms with Crippen LogP contribution >= 0.6 is 0 Å². The molecule has 1 aromatic rings. The number of hydrogen-bond acceptors (Lipinski definition) is 4. The maximum atomic E-state index is 12.4. The number of nitrogens with zero attached hydrogens (tertiary/aromatic N) is 2. The van der Waals surface area contributed by atoms with Gasteiger partial charge in [-0.05, 0) is 12.0 Å². The molecular formula is C12H17F3N4O. The van der Waals surface area contributed by atoms with Crippen molar-refractivity contribution in [3.05, 3.63) is 18.0 Å². The molecule has 0 unspecified atom stereocenters. The first-order chi connectivity index (χ1) is 9.29. The molecule has 20 heavy (non-hydrogen) atoms. The molecule has 0 aliphatic heterocycles. The van der Waals surface area contributed by atoms with E-state index in [1.807, 2.05) is 13.8 Å². The van der Waals surface area contributed by atoms with Crippen LogP contribution in [0.4, 0.5) is 19.1 Å². The Morgan fingerprint density at radius 1 is 1.40 bits per heavy atom. The highest BCUT2D eigenvalue weighted by Gasteiger charge is 2.32. The Kier molecular flexibility index (Phi) is 5.72. The molecule has 0 aliphatic carbocycles. The summed E-state index contributed by atoms with van der Waals surface area (Å²) in [4.78, 5) is 18.4. The molecule has 2 N–H and O–H groups in total. The van der Waals surface area contributed by atoms with E-state index >= 15 is 0 Å². The van der Waals surface area contributed by atoms with Gasteiger partial charge in [0, 0.05) is 25.7 Å². The van der Waals surface area contributed by atoms with Crippen molar-refractivity contribution in [2.24, 2.45) is 5.92 Å². The molecule has 0 bridgehead atoms. The van der Waals surface area contributed by atoms with Crippen LogP contribution in [0.1, 0.15) is 26.0 Å². The van der Waals surface area contributed by atoms with Gasteiger partial charge in [0.25, 0.3) is 0 Å². The minimum atomic E-state index is -4.51. The Balaban J connectivity index is 2.41. The third kappa shape index (κ3) is 5.85. The van der Waals surface area contributed by atoms with Crippen molar-refractivity contribution in [2.45, 2.75) is 26.4 Å². The zero-order chi connectivity index (χ0) is 15.2. The molecule has 1 heterocycles. The van der Waals surface area contributed by atoms with Crippen LogP contribution in [0.2, 0.25) is 0 Å². The van der Waals surface area contributed by atoms with Crippen molar-refractivity contribution in [1.29, 1.82) is 0 Å². The smallest absolute Gasteiger partial charge is 0.356 e. The van der Waals surface area contributed by atoms with Crippen LogP contribution in [-0.4, -0.2) is 29.0 Å². The summed E-state index contributed by atoms with van der Waals surface area (Å²) in [5.41, 5.74) is -1.01. The largest absolute Gasteiger partial charge is 0.433 e. The van der Waals surface area contributed by atoms with Crippen LogP contribution in [0, 0.1) is 5.92 Å². The molecule has 112 valence electrons. The van der Waals surface area contributed by atoms with Gasteiger partial charge in [-0.15, -0.1) is 0 Å². The lowest BCUT2D eigenvalue weighted by Gasteiger charge is -2.09. The number of anilines is 1. The normalized spacial score (nSPS) is 11.5. The molecule has 0 fully saturated rings. The summed E-state index contributed by atoms with van der Waals surface area (Å²) in [7, 11) is 0. The molecule has 8 heteroatoms. The van der Waals surface area contributed by atoms with Gasteiger partial charge in [0.1, 0.15) is 5.69 Å². The first-order valence-electron chi connectivity index (χ1n) is 6.20. The van der Waals surface area contributed by atoms with Crippen LogP contribution < -0.4 is 10.6 Å². The SMILES string of the molecule is CC(C)CNC(=O)CCNc1nccc(C(F)(F)F)n1. The lowest BCUT2D eigenvalue weighted by molar-refractivity contribution is -0.141. The molecule has 0 saturated carbocycles. The topological polar surface area (TPSA) is 66.9 Å². The zero-order valence-electron chi connectivity index (χ0n) is 11.3. The predicted molar refractivity (Wildman–Crippen MR) is 68.0 cm³/mol. The number of rotatable bonds is 6. The third-order valence-corrected chi connectivity index (χ3v) is 2.29. The third-order valence-electron chi connectivity index (χ3n) is 2.29. The molecule has 0 spiro atoms. The first-order valence-corrected chi connectivity index (χ1v) is 6.20. The van der Waals surface area contributed by atoms with Crippen molar-refractivity contribution in [3.63, 3.8) is 0 Å². The molecule has 1 aromatic heterocycles. The molecular weight excluding hydrogens is 273 g/mol. The van der Waals surface area contributed by atoms with Gasteiger partial charge in [0.15, 0.2) is 0 Å². The van der Waals surface area contributed by atoms with E-state index in [2.05, 4.69) is 20.6 Å². The quantitative estimate of drug-likeness (QED) is 0.841. The summed E-state index contributed by atoms with van der Waals surface area (Å²) in [5.74, 6) is 0.0355. The van der Waals surface area contributed by atoms with Gasteiger partial charge < -0.3 is 10.6 Å². The fourth-order valence-electron chi connectivity index (χ4n) is 1.30. The Hall–Kier alpha value is -1.86. The average Bonchev–Trinajstić information content (AvgIpc) is 2.36. The monoisotopic (exact) mass is 290 g/mol. The van der Waals surface area contributed by atoms with Gasteiger partial charge in [0.05, 0.1) is 0 Å². The van der Waals surface area contributed by atoms with E-state index in [1.54, 1.807) is 0 Å². The highest BCUT2D eigenvalue weighted by Crippen LogP contribution is 2.27. The van der Waals surface area contributed by atoms with Crippen LogP contribution in [0.3, 0.4) is 0 Å². The van der Waals surface area contributed by atoms with Crippen molar-refractivity contribution in [3.8, 4) is 0 Å². The summed E-state index contributed by atoms with van der Waals surface area (Å²) in [6.45, 7) is 4.67. The molecule has 0 radical (unpaired) electrons. The standard InChI is InChI=1S/C12H17F3N4O/c1-8(2)7-18-10(20)4-6-17-11-16-5-3-9(19-11)12(13,14)15/h3,5,8H,4,6-7H2,1-2H3,(H,18,20)(H,16,17,19). The van der Waals surface area contributed by atoms with Crippen molar-refractivity contribution in [2.75, 3.05) is 18.4 Å². The van der Waals surface area contributed by atoms with Gasteiger partial charge >= 0.3 is 6.18 Å². The summed E-state index contributed by atoms with van der Waals surface area (Å²) in [5, 5.41) is 5.30. The molecule has 1 amide bonds. The number of aromatic nitrogens is 2. The fraction of sp³-hybridized carbons (Fsp3) is 0.583. The van der Waals surface area contributed by atoms with E-state index in [-0.39, 0.29) is 24.8 Å². The second-order valence-electron chi connectivity index (χ2n) is 4.64. The molecule has 0 aliphatic rings. The number of hydrogen-bond donors (Lipinski definition) is 2. The summed E-state index contributed by atoms with van der Waals surface area (Å²) >= 11 is 0. The van der Waals surface area contributed by atoms with E-state index in [0.717, 1.165) is 12.3 Å². The Labute approximate surface area is 115 Å². The second-order valence-corrected chi connectivity index (χ2v) is 4.64. The molecule has 5 nitrogen and oxygen atoms in total. The summed E-state index contributed by atoms with van der Waals surface area (Å²) in [6, 6.07) is 0.792. The van der Waals surface area contributed by atoms with E-state index in [0.29, 0.717) is 12.5 Å². The van der Waals surface area contributed by atoms with Gasteiger partial charge in [-0.1, -0.05) is 13.8 Å². The number of carbonyl (C=O) groups excluding carboxylic acids is 1. The Morgan fingerprint density at radius 3 is 2.70 bits per heavy atom. The van der Waals surface area contributed by atoms with Crippen LogP contribution in [0.25, 0.3) is 0 Å². The van der Waals surface area contributed by atoms with Crippen LogP contribution in [-0.2, 0) is 11.0 Å². The van der Waals surface area contributed by atoms with Gasteiger partial charge in [-0.3, -0.25) is 4.79 Å². The van der Waals surface area contributed by atoms with Crippen LogP contribution in [0.5, 0.6) is 0 Å².